The first kappa shape index (κ1) is 18.3. The molecule has 0 radical (unpaired) electrons. The Morgan fingerprint density at radius 3 is 2.25 bits per heavy atom. The molecule has 1 amide bonds. The Balaban J connectivity index is 2.07. The predicted octanol–water partition coefficient (Wildman–Crippen LogP) is 3.29. The van der Waals surface area contributed by atoms with Gasteiger partial charge in [-0.3, -0.25) is 9.59 Å². The second-order valence-electron chi connectivity index (χ2n) is 5.08. The van der Waals surface area contributed by atoms with E-state index in [2.05, 4.69) is 10.1 Å². The lowest BCUT2D eigenvalue weighted by molar-refractivity contribution is -0.142. The number of nitrogens with one attached hydrogen (secondary N) is 1. The van der Waals surface area contributed by atoms with E-state index in [1.54, 1.807) is 42.5 Å². The van der Waals surface area contributed by atoms with Gasteiger partial charge in [0.05, 0.1) is 22.8 Å². The molecule has 0 aliphatic heterocycles. The van der Waals surface area contributed by atoms with Crippen LogP contribution < -0.4 is 11.1 Å². The largest absolute Gasteiger partial charge is 0.468 e. The maximum Gasteiger partial charge on any atom is 0.322 e. The number of carbonyl (C=O) groups excluding carboxylic acids is 2. The lowest BCUT2D eigenvalue weighted by Gasteiger charge is -2.11. The highest BCUT2D eigenvalue weighted by atomic mass is 35.5. The van der Waals surface area contributed by atoms with E-state index in [0.717, 1.165) is 5.56 Å². The van der Waals surface area contributed by atoms with E-state index in [0.29, 0.717) is 27.7 Å². The summed E-state index contributed by atoms with van der Waals surface area (Å²) in [5.74, 6) is -0.820. The topological polar surface area (TPSA) is 81.4 Å². The molecule has 2 aromatic carbocycles. The fourth-order valence-corrected chi connectivity index (χ4v) is 2.58. The first-order chi connectivity index (χ1) is 11.4. The van der Waals surface area contributed by atoms with Gasteiger partial charge in [0.25, 0.3) is 5.91 Å². The number of benzene rings is 2. The van der Waals surface area contributed by atoms with Crippen molar-refractivity contribution in [2.75, 3.05) is 12.4 Å². The zero-order valence-electron chi connectivity index (χ0n) is 12.9. The summed E-state index contributed by atoms with van der Waals surface area (Å²) in [5.41, 5.74) is 7.32. The van der Waals surface area contributed by atoms with E-state index in [9.17, 15) is 9.59 Å². The van der Waals surface area contributed by atoms with Crippen LogP contribution in [0.4, 0.5) is 5.69 Å². The highest BCUT2D eigenvalue weighted by Gasteiger charge is 2.15. The Morgan fingerprint density at radius 2 is 1.71 bits per heavy atom. The second kappa shape index (κ2) is 8.15. The number of hydrogen-bond donors (Lipinski definition) is 2. The smallest absolute Gasteiger partial charge is 0.322 e. The van der Waals surface area contributed by atoms with Gasteiger partial charge in [-0.1, -0.05) is 41.4 Å². The summed E-state index contributed by atoms with van der Waals surface area (Å²) < 4.78 is 4.58. The average Bonchev–Trinajstić information content (AvgIpc) is 2.58. The highest BCUT2D eigenvalue weighted by Crippen LogP contribution is 2.30. The first-order valence-electron chi connectivity index (χ1n) is 7.10. The van der Waals surface area contributed by atoms with Gasteiger partial charge in [0.15, 0.2) is 0 Å². The molecule has 2 aromatic rings. The van der Waals surface area contributed by atoms with Gasteiger partial charge < -0.3 is 15.8 Å². The van der Waals surface area contributed by atoms with Crippen molar-refractivity contribution in [3.8, 4) is 0 Å². The van der Waals surface area contributed by atoms with Crippen LogP contribution in [0.2, 0.25) is 10.0 Å². The van der Waals surface area contributed by atoms with Gasteiger partial charge in [0, 0.05) is 5.56 Å². The van der Waals surface area contributed by atoms with Crippen molar-refractivity contribution < 1.29 is 14.3 Å². The third kappa shape index (κ3) is 4.47. The van der Waals surface area contributed by atoms with Crippen LogP contribution in [0.25, 0.3) is 0 Å². The molecule has 0 saturated carbocycles. The van der Waals surface area contributed by atoms with Gasteiger partial charge in [-0.2, -0.15) is 0 Å². The van der Waals surface area contributed by atoms with Gasteiger partial charge in [-0.25, -0.2) is 0 Å². The summed E-state index contributed by atoms with van der Waals surface area (Å²) in [7, 11) is 1.29. The third-order valence-corrected chi connectivity index (χ3v) is 4.01. The number of rotatable bonds is 5. The van der Waals surface area contributed by atoms with E-state index in [1.165, 1.54) is 7.11 Å². The van der Waals surface area contributed by atoms with Crippen molar-refractivity contribution in [3.63, 3.8) is 0 Å². The van der Waals surface area contributed by atoms with Crippen molar-refractivity contribution in [1.82, 2.24) is 0 Å². The molecule has 0 heterocycles. The minimum absolute atomic E-state index is 0.324. The number of esters is 1. The molecule has 7 heteroatoms. The molecule has 24 heavy (non-hydrogen) atoms. The third-order valence-electron chi connectivity index (χ3n) is 3.38. The minimum atomic E-state index is -0.739. The summed E-state index contributed by atoms with van der Waals surface area (Å²) in [6.07, 6.45) is 0.324. The molecule has 0 aliphatic carbocycles. The Morgan fingerprint density at radius 1 is 1.12 bits per heavy atom. The lowest BCUT2D eigenvalue weighted by atomic mass is 10.0. The fourth-order valence-electron chi connectivity index (χ4n) is 2.08. The zero-order chi connectivity index (χ0) is 17.7. The van der Waals surface area contributed by atoms with Crippen molar-refractivity contribution in [3.05, 3.63) is 63.6 Å². The van der Waals surface area contributed by atoms with Crippen LogP contribution in [0.15, 0.2) is 42.5 Å². The molecule has 5 nitrogen and oxygen atoms in total. The van der Waals surface area contributed by atoms with Crippen LogP contribution in [0, 0.1) is 0 Å². The number of halogens is 2. The van der Waals surface area contributed by atoms with Gasteiger partial charge in [-0.15, -0.1) is 0 Å². The molecule has 2 rings (SSSR count). The molecule has 1 unspecified atom stereocenters. The number of carbonyl (C=O) groups is 2. The number of amides is 1. The van der Waals surface area contributed by atoms with Crippen molar-refractivity contribution in [1.29, 1.82) is 0 Å². The van der Waals surface area contributed by atoms with E-state index in [4.69, 9.17) is 28.9 Å². The summed E-state index contributed by atoms with van der Waals surface area (Å²) >= 11 is 12.1. The molecule has 0 fully saturated rings. The van der Waals surface area contributed by atoms with E-state index in [1.807, 2.05) is 0 Å². The molecule has 3 N–H and O–H groups in total. The normalized spacial score (nSPS) is 11.7. The molecule has 0 bridgehead atoms. The van der Waals surface area contributed by atoms with Crippen LogP contribution in [0.5, 0.6) is 0 Å². The fraction of sp³-hybridized carbons (Fsp3) is 0.176. The number of para-hydroxylation sites is 1. The summed E-state index contributed by atoms with van der Waals surface area (Å²) in [6.45, 7) is 0. The molecule has 126 valence electrons. The maximum absolute atomic E-state index is 12.3. The number of anilines is 1. The monoisotopic (exact) mass is 366 g/mol. The number of methoxy groups -OCH3 is 1. The lowest BCUT2D eigenvalue weighted by Crippen LogP contribution is -2.33. The van der Waals surface area contributed by atoms with Crippen LogP contribution in [-0.2, 0) is 16.0 Å². The molecule has 0 spiro atoms. The standard InChI is InChI=1S/C17H16Cl2N2O3/c1-24-17(23)14(20)9-10-5-7-11(8-6-10)16(22)21-15-12(18)3-2-4-13(15)19/h2-8,14H,9,20H2,1H3,(H,21,22). The first-order valence-corrected chi connectivity index (χ1v) is 7.85. The molecular formula is C17H16Cl2N2O3. The zero-order valence-corrected chi connectivity index (χ0v) is 14.4. The van der Waals surface area contributed by atoms with Crippen LogP contribution in [-0.4, -0.2) is 25.0 Å². The number of hydrogen-bond acceptors (Lipinski definition) is 4. The van der Waals surface area contributed by atoms with Crippen molar-refractivity contribution >= 4 is 40.8 Å². The van der Waals surface area contributed by atoms with E-state index in [-0.39, 0.29) is 5.91 Å². The van der Waals surface area contributed by atoms with Gasteiger partial charge in [0.1, 0.15) is 6.04 Å². The minimum Gasteiger partial charge on any atom is -0.468 e. The van der Waals surface area contributed by atoms with Crippen molar-refractivity contribution in [2.45, 2.75) is 12.5 Å². The van der Waals surface area contributed by atoms with Crippen molar-refractivity contribution in [2.24, 2.45) is 5.73 Å². The van der Waals surface area contributed by atoms with Crippen LogP contribution in [0.3, 0.4) is 0 Å². The molecule has 0 saturated heterocycles. The molecule has 0 aliphatic rings. The van der Waals surface area contributed by atoms with Gasteiger partial charge >= 0.3 is 5.97 Å². The predicted molar refractivity (Wildman–Crippen MR) is 94.6 cm³/mol. The summed E-state index contributed by atoms with van der Waals surface area (Å²) in [4.78, 5) is 23.6. The SMILES string of the molecule is COC(=O)C(N)Cc1ccc(C(=O)Nc2c(Cl)cccc2Cl)cc1. The Hall–Kier alpha value is -2.08. The maximum atomic E-state index is 12.3. The van der Waals surface area contributed by atoms with E-state index < -0.39 is 12.0 Å². The number of ether oxygens (including phenoxy) is 1. The molecule has 1 atom stereocenters. The number of nitrogens with two attached hydrogens (primary N) is 1. The molecular weight excluding hydrogens is 351 g/mol. The quantitative estimate of drug-likeness (QED) is 0.795. The Bertz CT molecular complexity index is 728. The summed E-state index contributed by atoms with van der Waals surface area (Å²) in [6, 6.07) is 11.0. The van der Waals surface area contributed by atoms with Crippen LogP contribution in [0.1, 0.15) is 15.9 Å². The molecule has 0 aromatic heterocycles. The second-order valence-corrected chi connectivity index (χ2v) is 5.90. The van der Waals surface area contributed by atoms with Gasteiger partial charge in [0.2, 0.25) is 0 Å². The van der Waals surface area contributed by atoms with Crippen LogP contribution >= 0.6 is 23.2 Å². The Labute approximate surface area is 149 Å². The average molecular weight is 367 g/mol. The highest BCUT2D eigenvalue weighted by molar-refractivity contribution is 6.40. The summed E-state index contributed by atoms with van der Waals surface area (Å²) in [5, 5.41) is 3.40. The van der Waals surface area contributed by atoms with Gasteiger partial charge in [-0.05, 0) is 36.2 Å². The van der Waals surface area contributed by atoms with E-state index >= 15 is 0 Å². The Kier molecular flexibility index (Phi) is 6.20.